The summed E-state index contributed by atoms with van der Waals surface area (Å²) in [6, 6.07) is 10.5. The first kappa shape index (κ1) is 8.25. The van der Waals surface area contributed by atoms with Gasteiger partial charge in [0.1, 0.15) is 9.52 Å². The quantitative estimate of drug-likeness (QED) is 0.650. The molecule has 2 aromatic rings. The second-order valence-electron chi connectivity index (χ2n) is 2.78. The standard InChI is InChI=1S/C10H10N2Si/c1-2-4-10(5-3-1)13-9-12-7-6-11-8-12/h1-8H,9H2. The summed E-state index contributed by atoms with van der Waals surface area (Å²) in [4.78, 5) is 4.00. The van der Waals surface area contributed by atoms with Crippen LogP contribution in [-0.4, -0.2) is 19.1 Å². The maximum atomic E-state index is 4.00. The normalized spacial score (nSPS) is 10.2. The van der Waals surface area contributed by atoms with Crippen LogP contribution in [0.2, 0.25) is 0 Å². The third-order valence-electron chi connectivity index (χ3n) is 1.80. The number of hydrogen-bond acceptors (Lipinski definition) is 1. The summed E-state index contributed by atoms with van der Waals surface area (Å²) in [6.07, 6.45) is 6.70. The van der Waals surface area contributed by atoms with E-state index in [9.17, 15) is 0 Å². The zero-order valence-corrected chi connectivity index (χ0v) is 8.22. The Hall–Kier alpha value is -1.35. The largest absolute Gasteiger partial charge is 0.341 e. The number of aromatic nitrogens is 2. The third-order valence-corrected chi connectivity index (χ3v) is 3.06. The Kier molecular flexibility index (Phi) is 2.57. The fourth-order valence-corrected chi connectivity index (χ4v) is 2.10. The molecule has 0 saturated carbocycles. The lowest BCUT2D eigenvalue weighted by Gasteiger charge is -2.00. The molecule has 1 heterocycles. The first-order valence-electron chi connectivity index (χ1n) is 4.20. The molecule has 0 saturated heterocycles. The molecule has 2 nitrogen and oxygen atoms in total. The first-order chi connectivity index (χ1) is 6.45. The molecule has 64 valence electrons. The van der Waals surface area contributed by atoms with Crippen molar-refractivity contribution in [3.8, 4) is 0 Å². The number of hydrogen-bond donors (Lipinski definition) is 0. The van der Waals surface area contributed by atoms with Crippen molar-refractivity contribution in [1.82, 2.24) is 9.55 Å². The van der Waals surface area contributed by atoms with Gasteiger partial charge in [-0.05, 0) is 0 Å². The smallest absolute Gasteiger partial charge is 0.106 e. The third kappa shape index (κ3) is 2.29. The molecule has 0 aliphatic rings. The Labute approximate surface area is 80.1 Å². The van der Waals surface area contributed by atoms with Gasteiger partial charge in [-0.1, -0.05) is 35.5 Å². The summed E-state index contributed by atoms with van der Waals surface area (Å²) >= 11 is 0. The van der Waals surface area contributed by atoms with Crippen LogP contribution in [0.4, 0.5) is 0 Å². The van der Waals surface area contributed by atoms with Crippen LogP contribution < -0.4 is 5.19 Å². The van der Waals surface area contributed by atoms with Crippen LogP contribution in [0.3, 0.4) is 0 Å². The second kappa shape index (κ2) is 4.05. The molecule has 13 heavy (non-hydrogen) atoms. The average molecular weight is 186 g/mol. The van der Waals surface area contributed by atoms with Crippen LogP contribution in [-0.2, 0) is 6.17 Å². The summed E-state index contributed by atoms with van der Waals surface area (Å²) in [5.41, 5.74) is 0. The minimum Gasteiger partial charge on any atom is -0.341 e. The van der Waals surface area contributed by atoms with Crippen molar-refractivity contribution >= 4 is 14.7 Å². The average Bonchev–Trinajstić information content (AvgIpc) is 2.69. The molecule has 0 aliphatic heterocycles. The van der Waals surface area contributed by atoms with Crippen LogP contribution in [0.15, 0.2) is 49.1 Å². The van der Waals surface area contributed by atoms with Gasteiger partial charge in [0.05, 0.1) is 6.33 Å². The SMILES string of the molecule is c1ccc([Si]Cn2ccnc2)cc1. The van der Waals surface area contributed by atoms with Crippen LogP contribution in [0.5, 0.6) is 0 Å². The van der Waals surface area contributed by atoms with Gasteiger partial charge in [-0.3, -0.25) is 0 Å². The first-order valence-corrected chi connectivity index (χ1v) is 5.40. The number of nitrogens with zero attached hydrogens (tertiary/aromatic N) is 2. The molecule has 1 aromatic heterocycles. The Morgan fingerprint density at radius 1 is 1.23 bits per heavy atom. The molecular formula is C10H10N2Si. The topological polar surface area (TPSA) is 17.8 Å². The van der Waals surface area contributed by atoms with Crippen molar-refractivity contribution in [2.45, 2.75) is 6.17 Å². The lowest BCUT2D eigenvalue weighted by Crippen LogP contribution is -2.18. The van der Waals surface area contributed by atoms with E-state index in [0.717, 1.165) is 15.7 Å². The molecule has 0 aliphatic carbocycles. The van der Waals surface area contributed by atoms with Gasteiger partial charge in [-0.15, -0.1) is 0 Å². The molecule has 0 unspecified atom stereocenters. The summed E-state index contributed by atoms with van der Waals surface area (Å²) in [5, 5.41) is 1.40. The van der Waals surface area contributed by atoms with E-state index in [4.69, 9.17) is 0 Å². The van der Waals surface area contributed by atoms with Crippen molar-refractivity contribution in [2.75, 3.05) is 0 Å². The highest BCUT2D eigenvalue weighted by Gasteiger charge is 1.93. The summed E-state index contributed by atoms with van der Waals surface area (Å²) in [5.74, 6) is 0. The van der Waals surface area contributed by atoms with E-state index in [1.54, 1.807) is 0 Å². The van der Waals surface area contributed by atoms with Crippen molar-refractivity contribution < 1.29 is 0 Å². The lowest BCUT2D eigenvalue weighted by molar-refractivity contribution is 0.875. The fraction of sp³-hybridized carbons (Fsp3) is 0.100. The number of benzene rings is 1. The van der Waals surface area contributed by atoms with E-state index in [0.29, 0.717) is 0 Å². The Bertz CT molecular complexity index is 342. The lowest BCUT2D eigenvalue weighted by atomic mass is 10.4. The number of rotatable bonds is 3. The molecule has 3 heteroatoms. The van der Waals surface area contributed by atoms with E-state index in [1.807, 2.05) is 24.8 Å². The summed E-state index contributed by atoms with van der Waals surface area (Å²) < 4.78 is 2.10. The molecule has 0 bridgehead atoms. The van der Waals surface area contributed by atoms with Gasteiger partial charge >= 0.3 is 0 Å². The van der Waals surface area contributed by atoms with Gasteiger partial charge in [-0.25, -0.2) is 4.98 Å². The van der Waals surface area contributed by atoms with E-state index >= 15 is 0 Å². The van der Waals surface area contributed by atoms with Crippen LogP contribution in [0.25, 0.3) is 0 Å². The molecule has 0 spiro atoms. The van der Waals surface area contributed by atoms with Gasteiger partial charge in [0.2, 0.25) is 0 Å². The van der Waals surface area contributed by atoms with E-state index < -0.39 is 0 Å². The highest BCUT2D eigenvalue weighted by molar-refractivity contribution is 6.52. The van der Waals surface area contributed by atoms with Gasteiger partial charge in [0.15, 0.2) is 0 Å². The molecule has 1 aromatic carbocycles. The fourth-order valence-electron chi connectivity index (χ4n) is 1.12. The van der Waals surface area contributed by atoms with E-state index in [-0.39, 0.29) is 0 Å². The van der Waals surface area contributed by atoms with Crippen molar-refractivity contribution in [2.24, 2.45) is 0 Å². The summed E-state index contributed by atoms with van der Waals surface area (Å²) in [6.45, 7) is 0. The predicted molar refractivity (Wildman–Crippen MR) is 54.1 cm³/mol. The minimum atomic E-state index is 0.822. The van der Waals surface area contributed by atoms with E-state index in [1.165, 1.54) is 5.19 Å². The molecule has 0 fully saturated rings. The minimum absolute atomic E-state index is 0.822. The number of imidazole rings is 1. The van der Waals surface area contributed by atoms with E-state index in [2.05, 4.69) is 33.8 Å². The highest BCUT2D eigenvalue weighted by Crippen LogP contribution is 1.86. The molecule has 2 rings (SSSR count). The van der Waals surface area contributed by atoms with Gasteiger partial charge < -0.3 is 4.57 Å². The maximum absolute atomic E-state index is 4.00. The van der Waals surface area contributed by atoms with Gasteiger partial charge in [0.25, 0.3) is 0 Å². The monoisotopic (exact) mass is 186 g/mol. The van der Waals surface area contributed by atoms with Crippen molar-refractivity contribution in [3.63, 3.8) is 0 Å². The van der Waals surface area contributed by atoms with Crippen molar-refractivity contribution in [1.29, 1.82) is 0 Å². The molecule has 0 atom stereocenters. The van der Waals surface area contributed by atoms with Gasteiger partial charge in [-0.2, -0.15) is 0 Å². The second-order valence-corrected chi connectivity index (χ2v) is 4.02. The molecule has 0 amide bonds. The zero-order valence-electron chi connectivity index (χ0n) is 7.22. The van der Waals surface area contributed by atoms with Crippen LogP contribution in [0.1, 0.15) is 0 Å². The predicted octanol–water partition coefficient (Wildman–Crippen LogP) is 0.870. The molecule has 2 radical (unpaired) electrons. The van der Waals surface area contributed by atoms with Crippen molar-refractivity contribution in [3.05, 3.63) is 49.1 Å². The van der Waals surface area contributed by atoms with Gasteiger partial charge in [0, 0.05) is 18.6 Å². The molecular weight excluding hydrogens is 176 g/mol. The van der Waals surface area contributed by atoms with Crippen LogP contribution in [0, 0.1) is 0 Å². The maximum Gasteiger partial charge on any atom is 0.106 e. The Morgan fingerprint density at radius 2 is 2.08 bits per heavy atom. The zero-order chi connectivity index (χ0) is 8.93. The highest BCUT2D eigenvalue weighted by atomic mass is 28.2. The van der Waals surface area contributed by atoms with Crippen LogP contribution >= 0.6 is 0 Å². The Balaban J connectivity index is 1.94. The summed E-state index contributed by atoms with van der Waals surface area (Å²) in [7, 11) is 0.822. The Morgan fingerprint density at radius 3 is 2.77 bits per heavy atom. The molecule has 0 N–H and O–H groups in total.